The lowest BCUT2D eigenvalue weighted by atomic mass is 10.1. The van der Waals surface area contributed by atoms with Gasteiger partial charge in [-0.2, -0.15) is 18.3 Å². The highest BCUT2D eigenvalue weighted by Gasteiger charge is 2.27. The van der Waals surface area contributed by atoms with Gasteiger partial charge in [0.15, 0.2) is 0 Å². The average Bonchev–Trinajstić information content (AvgIpc) is 2.67. The molecule has 1 atom stereocenters. The Kier molecular flexibility index (Phi) is 5.85. The van der Waals surface area contributed by atoms with Gasteiger partial charge < -0.3 is 5.32 Å². The predicted molar refractivity (Wildman–Crippen MR) is 69.0 cm³/mol. The standard InChI is InChI=1S/C13H22F3N3/c1-4-17-11(7-6-8-13(14,15)16)12-9-10(3)18-19(12)5-2/h9,11,17H,4-8H2,1-3H3. The van der Waals surface area contributed by atoms with E-state index in [0.717, 1.165) is 24.5 Å². The first-order chi connectivity index (χ1) is 8.87. The van der Waals surface area contributed by atoms with Crippen LogP contribution in [0.5, 0.6) is 0 Å². The number of nitrogens with one attached hydrogen (secondary N) is 1. The Bertz CT molecular complexity index is 385. The van der Waals surface area contributed by atoms with Crippen molar-refractivity contribution in [1.82, 2.24) is 15.1 Å². The molecule has 0 radical (unpaired) electrons. The Balaban J connectivity index is 2.70. The second-order valence-corrected chi connectivity index (χ2v) is 4.64. The minimum Gasteiger partial charge on any atom is -0.309 e. The summed E-state index contributed by atoms with van der Waals surface area (Å²) in [6.07, 6.45) is -4.20. The molecule has 0 aromatic carbocycles. The molecule has 1 aromatic heterocycles. The molecule has 19 heavy (non-hydrogen) atoms. The summed E-state index contributed by atoms with van der Waals surface area (Å²) in [5.74, 6) is 0. The van der Waals surface area contributed by atoms with Crippen molar-refractivity contribution in [3.05, 3.63) is 17.5 Å². The van der Waals surface area contributed by atoms with E-state index in [1.807, 2.05) is 31.5 Å². The number of halogens is 3. The summed E-state index contributed by atoms with van der Waals surface area (Å²) >= 11 is 0. The molecule has 0 fully saturated rings. The van der Waals surface area contributed by atoms with Crippen LogP contribution in [0.4, 0.5) is 13.2 Å². The van der Waals surface area contributed by atoms with Gasteiger partial charge in [0.2, 0.25) is 0 Å². The summed E-state index contributed by atoms with van der Waals surface area (Å²) < 4.78 is 38.5. The van der Waals surface area contributed by atoms with Gasteiger partial charge in [0, 0.05) is 19.0 Å². The van der Waals surface area contributed by atoms with Gasteiger partial charge in [0.05, 0.1) is 11.4 Å². The van der Waals surface area contributed by atoms with Crippen molar-refractivity contribution in [1.29, 1.82) is 0 Å². The minimum atomic E-state index is -4.07. The molecule has 0 bridgehead atoms. The van der Waals surface area contributed by atoms with Gasteiger partial charge in [0.1, 0.15) is 0 Å². The average molecular weight is 277 g/mol. The second-order valence-electron chi connectivity index (χ2n) is 4.64. The fraction of sp³-hybridized carbons (Fsp3) is 0.769. The normalized spacial score (nSPS) is 13.8. The molecule has 6 heteroatoms. The molecule has 0 aliphatic rings. The van der Waals surface area contributed by atoms with E-state index >= 15 is 0 Å². The van der Waals surface area contributed by atoms with Gasteiger partial charge in [-0.05, 0) is 39.3 Å². The largest absolute Gasteiger partial charge is 0.389 e. The fourth-order valence-corrected chi connectivity index (χ4v) is 2.21. The van der Waals surface area contributed by atoms with Crippen LogP contribution in [0.3, 0.4) is 0 Å². The van der Waals surface area contributed by atoms with Gasteiger partial charge in [-0.1, -0.05) is 6.92 Å². The third-order valence-electron chi connectivity index (χ3n) is 2.99. The quantitative estimate of drug-likeness (QED) is 0.825. The van der Waals surface area contributed by atoms with Gasteiger partial charge >= 0.3 is 6.18 Å². The Morgan fingerprint density at radius 3 is 2.58 bits per heavy atom. The lowest BCUT2D eigenvalue weighted by molar-refractivity contribution is -0.135. The molecule has 0 aliphatic carbocycles. The first-order valence-corrected chi connectivity index (χ1v) is 6.71. The molecule has 0 saturated heterocycles. The van der Waals surface area contributed by atoms with Gasteiger partial charge in [-0.3, -0.25) is 4.68 Å². The number of hydrogen-bond acceptors (Lipinski definition) is 2. The van der Waals surface area contributed by atoms with Gasteiger partial charge in [0.25, 0.3) is 0 Å². The van der Waals surface area contributed by atoms with Crippen LogP contribution in [0, 0.1) is 6.92 Å². The van der Waals surface area contributed by atoms with E-state index in [1.54, 1.807) is 0 Å². The summed E-state index contributed by atoms with van der Waals surface area (Å²) in [7, 11) is 0. The van der Waals surface area contributed by atoms with Crippen molar-refractivity contribution in [3.63, 3.8) is 0 Å². The van der Waals surface area contributed by atoms with E-state index in [2.05, 4.69) is 10.4 Å². The Morgan fingerprint density at radius 1 is 1.37 bits per heavy atom. The fourth-order valence-electron chi connectivity index (χ4n) is 2.21. The van der Waals surface area contributed by atoms with Crippen LogP contribution >= 0.6 is 0 Å². The molecule has 1 N–H and O–H groups in total. The minimum absolute atomic E-state index is 0.0616. The molecule has 0 aliphatic heterocycles. The Morgan fingerprint density at radius 2 is 2.05 bits per heavy atom. The maximum Gasteiger partial charge on any atom is 0.389 e. The maximum atomic E-state index is 12.2. The van der Waals surface area contributed by atoms with Gasteiger partial charge in [-0.15, -0.1) is 0 Å². The van der Waals surface area contributed by atoms with Crippen LogP contribution in [-0.2, 0) is 6.54 Å². The highest BCUT2D eigenvalue weighted by Crippen LogP contribution is 2.26. The number of aromatic nitrogens is 2. The molecule has 1 heterocycles. The zero-order chi connectivity index (χ0) is 14.5. The van der Waals surface area contributed by atoms with Crippen LogP contribution in [0.15, 0.2) is 6.07 Å². The van der Waals surface area contributed by atoms with Crippen LogP contribution in [0.25, 0.3) is 0 Å². The van der Waals surface area contributed by atoms with Crippen molar-refractivity contribution in [2.24, 2.45) is 0 Å². The van der Waals surface area contributed by atoms with E-state index in [1.165, 1.54) is 0 Å². The monoisotopic (exact) mass is 277 g/mol. The zero-order valence-corrected chi connectivity index (χ0v) is 11.7. The Labute approximate surface area is 112 Å². The van der Waals surface area contributed by atoms with Crippen LogP contribution in [0.1, 0.15) is 50.5 Å². The van der Waals surface area contributed by atoms with Crippen molar-refractivity contribution in [2.45, 2.75) is 58.8 Å². The molecule has 0 spiro atoms. The third-order valence-corrected chi connectivity index (χ3v) is 2.99. The Hall–Kier alpha value is -1.04. The number of hydrogen-bond donors (Lipinski definition) is 1. The highest BCUT2D eigenvalue weighted by atomic mass is 19.4. The van der Waals surface area contributed by atoms with Crippen LogP contribution in [-0.4, -0.2) is 22.5 Å². The molecule has 0 amide bonds. The van der Waals surface area contributed by atoms with E-state index < -0.39 is 12.6 Å². The lowest BCUT2D eigenvalue weighted by Crippen LogP contribution is -2.24. The topological polar surface area (TPSA) is 29.9 Å². The molecule has 1 aromatic rings. The van der Waals surface area contributed by atoms with E-state index in [-0.39, 0.29) is 12.5 Å². The first-order valence-electron chi connectivity index (χ1n) is 6.71. The van der Waals surface area contributed by atoms with Gasteiger partial charge in [-0.25, -0.2) is 0 Å². The van der Waals surface area contributed by atoms with Crippen molar-refractivity contribution >= 4 is 0 Å². The summed E-state index contributed by atoms with van der Waals surface area (Å²) in [5.41, 5.74) is 1.87. The zero-order valence-electron chi connectivity index (χ0n) is 11.7. The van der Waals surface area contributed by atoms with Crippen LogP contribution in [0.2, 0.25) is 0 Å². The number of rotatable bonds is 7. The first kappa shape index (κ1) is 16.0. The number of alkyl halides is 3. The van der Waals surface area contributed by atoms with Crippen molar-refractivity contribution in [3.8, 4) is 0 Å². The van der Waals surface area contributed by atoms with Crippen molar-refractivity contribution in [2.75, 3.05) is 6.54 Å². The number of nitrogens with zero attached hydrogens (tertiary/aromatic N) is 2. The van der Waals surface area contributed by atoms with E-state index in [4.69, 9.17) is 0 Å². The molecule has 1 unspecified atom stereocenters. The maximum absolute atomic E-state index is 12.2. The smallest absolute Gasteiger partial charge is 0.309 e. The molecule has 1 rings (SSSR count). The van der Waals surface area contributed by atoms with E-state index in [0.29, 0.717) is 6.42 Å². The summed E-state index contributed by atoms with van der Waals surface area (Å²) in [4.78, 5) is 0. The van der Waals surface area contributed by atoms with Crippen molar-refractivity contribution < 1.29 is 13.2 Å². The molecule has 3 nitrogen and oxygen atoms in total. The highest BCUT2D eigenvalue weighted by molar-refractivity contribution is 5.13. The SMILES string of the molecule is CCNC(CCCC(F)(F)F)c1cc(C)nn1CC. The third kappa shape index (κ3) is 5.22. The summed E-state index contributed by atoms with van der Waals surface area (Å²) in [6.45, 7) is 7.29. The lowest BCUT2D eigenvalue weighted by Gasteiger charge is -2.19. The van der Waals surface area contributed by atoms with Crippen LogP contribution < -0.4 is 5.32 Å². The predicted octanol–water partition coefficient (Wildman–Crippen LogP) is 3.59. The summed E-state index contributed by atoms with van der Waals surface area (Å²) in [5, 5.41) is 7.59. The molecular weight excluding hydrogens is 255 g/mol. The van der Waals surface area contributed by atoms with E-state index in [9.17, 15) is 13.2 Å². The molecule has 0 saturated carbocycles. The summed E-state index contributed by atoms with van der Waals surface area (Å²) in [6, 6.07) is 1.89. The molecular formula is C13H22F3N3. The number of aryl methyl sites for hydroxylation is 2. The second kappa shape index (κ2) is 6.93. The molecule has 110 valence electrons.